The number of carbonyl (C=O) groups excluding carboxylic acids is 1. The van der Waals surface area contributed by atoms with Crippen molar-refractivity contribution in [3.05, 3.63) is 42.5 Å². The van der Waals surface area contributed by atoms with E-state index in [1.54, 1.807) is 0 Å². The van der Waals surface area contributed by atoms with Gasteiger partial charge in [-0.1, -0.05) is 36.4 Å². The van der Waals surface area contributed by atoms with Crippen molar-refractivity contribution in [3.63, 3.8) is 0 Å². The summed E-state index contributed by atoms with van der Waals surface area (Å²) < 4.78 is 5.62. The van der Waals surface area contributed by atoms with Gasteiger partial charge in [0.15, 0.2) is 0 Å². The molecule has 2 aromatic carbocycles. The molecule has 2 aromatic rings. The van der Waals surface area contributed by atoms with Crippen molar-refractivity contribution in [1.82, 2.24) is 0 Å². The summed E-state index contributed by atoms with van der Waals surface area (Å²) in [5, 5.41) is 5.11. The zero-order chi connectivity index (χ0) is 13.9. The van der Waals surface area contributed by atoms with Crippen LogP contribution in [0.1, 0.15) is 12.8 Å². The fourth-order valence-corrected chi connectivity index (χ4v) is 2.62. The highest BCUT2D eigenvalue weighted by Gasteiger charge is 2.29. The van der Waals surface area contributed by atoms with Gasteiger partial charge < -0.3 is 15.8 Å². The van der Waals surface area contributed by atoms with Gasteiger partial charge in [0.2, 0.25) is 0 Å². The third-order valence-corrected chi connectivity index (χ3v) is 3.71. The van der Waals surface area contributed by atoms with Crippen molar-refractivity contribution in [3.8, 4) is 0 Å². The molecule has 0 unspecified atom stereocenters. The van der Waals surface area contributed by atoms with Gasteiger partial charge in [0, 0.05) is 17.6 Å². The van der Waals surface area contributed by atoms with Crippen LogP contribution >= 0.6 is 0 Å². The fourth-order valence-electron chi connectivity index (χ4n) is 2.62. The van der Waals surface area contributed by atoms with Gasteiger partial charge in [-0.2, -0.15) is 0 Å². The van der Waals surface area contributed by atoms with Gasteiger partial charge in [-0.3, -0.25) is 4.79 Å². The molecule has 4 nitrogen and oxygen atoms in total. The highest BCUT2D eigenvalue weighted by atomic mass is 16.5. The topological polar surface area (TPSA) is 64.4 Å². The molecule has 0 radical (unpaired) electrons. The molecule has 3 rings (SSSR count). The van der Waals surface area contributed by atoms with Gasteiger partial charge in [-0.15, -0.1) is 0 Å². The zero-order valence-electron chi connectivity index (χ0n) is 11.2. The quantitative estimate of drug-likeness (QED) is 0.899. The molecule has 1 heterocycles. The molecule has 1 fully saturated rings. The monoisotopic (exact) mass is 270 g/mol. The first kappa shape index (κ1) is 13.1. The summed E-state index contributed by atoms with van der Waals surface area (Å²) in [6, 6.07) is 13.9. The van der Waals surface area contributed by atoms with Crippen molar-refractivity contribution < 1.29 is 9.53 Å². The van der Waals surface area contributed by atoms with Crippen LogP contribution in [0.4, 0.5) is 5.69 Å². The van der Waals surface area contributed by atoms with E-state index in [0.717, 1.165) is 29.3 Å². The second kappa shape index (κ2) is 5.61. The van der Waals surface area contributed by atoms with Crippen LogP contribution < -0.4 is 11.1 Å². The molecule has 0 aromatic heterocycles. The van der Waals surface area contributed by atoms with Crippen LogP contribution in [-0.2, 0) is 9.53 Å². The highest BCUT2D eigenvalue weighted by Crippen LogP contribution is 2.25. The molecule has 0 bridgehead atoms. The number of hydrogen-bond donors (Lipinski definition) is 2. The Morgan fingerprint density at radius 1 is 1.20 bits per heavy atom. The Kier molecular flexibility index (Phi) is 3.67. The highest BCUT2D eigenvalue weighted by molar-refractivity contribution is 6.03. The third kappa shape index (κ3) is 2.53. The first-order chi connectivity index (χ1) is 9.78. The Hall–Kier alpha value is -1.91. The summed E-state index contributed by atoms with van der Waals surface area (Å²) in [5.41, 5.74) is 6.39. The van der Waals surface area contributed by atoms with Gasteiger partial charge in [0.25, 0.3) is 5.91 Å². The normalized spacial score (nSPS) is 22.1. The average Bonchev–Trinajstić information content (AvgIpc) is 2.97. The van der Waals surface area contributed by atoms with Crippen molar-refractivity contribution in [2.75, 3.05) is 11.9 Å². The standard InChI is InChI=1S/C16H18N2O2/c17-10-12-8-9-15(20-12)16(19)18-14-7-3-5-11-4-1-2-6-13(11)14/h1-7,12,15H,8-10,17H2,(H,18,19)/t12-,15+/m1/s1. The summed E-state index contributed by atoms with van der Waals surface area (Å²) in [7, 11) is 0. The lowest BCUT2D eigenvalue weighted by Crippen LogP contribution is -2.29. The molecule has 1 aliphatic rings. The Morgan fingerprint density at radius 3 is 2.80 bits per heavy atom. The van der Waals surface area contributed by atoms with E-state index in [1.807, 2.05) is 42.5 Å². The number of carbonyl (C=O) groups is 1. The maximum atomic E-state index is 12.2. The smallest absolute Gasteiger partial charge is 0.253 e. The predicted octanol–water partition coefficient (Wildman–Crippen LogP) is 2.28. The Labute approximate surface area is 117 Å². The number of anilines is 1. The number of benzene rings is 2. The lowest BCUT2D eigenvalue weighted by atomic mass is 10.1. The number of ether oxygens (including phenoxy) is 1. The van der Waals surface area contributed by atoms with E-state index < -0.39 is 0 Å². The maximum Gasteiger partial charge on any atom is 0.253 e. The number of nitrogens with one attached hydrogen (secondary N) is 1. The van der Waals surface area contributed by atoms with Crippen molar-refractivity contribution in [2.24, 2.45) is 5.73 Å². The second-order valence-corrected chi connectivity index (χ2v) is 5.08. The Morgan fingerprint density at radius 2 is 2.00 bits per heavy atom. The van der Waals surface area contributed by atoms with Gasteiger partial charge >= 0.3 is 0 Å². The minimum absolute atomic E-state index is 0.0123. The first-order valence-electron chi connectivity index (χ1n) is 6.92. The maximum absolute atomic E-state index is 12.2. The van der Waals surface area contributed by atoms with Gasteiger partial charge in [0.05, 0.1) is 6.10 Å². The van der Waals surface area contributed by atoms with Crippen LogP contribution in [-0.4, -0.2) is 24.7 Å². The number of rotatable bonds is 3. The van der Waals surface area contributed by atoms with E-state index in [9.17, 15) is 4.79 Å². The molecule has 20 heavy (non-hydrogen) atoms. The summed E-state index contributed by atoms with van der Waals surface area (Å²) >= 11 is 0. The van der Waals surface area contributed by atoms with Crippen molar-refractivity contribution in [1.29, 1.82) is 0 Å². The molecule has 1 amide bonds. The molecule has 1 saturated heterocycles. The van der Waals surface area contributed by atoms with Crippen LogP contribution in [0.25, 0.3) is 10.8 Å². The number of hydrogen-bond acceptors (Lipinski definition) is 3. The van der Waals surface area contributed by atoms with Gasteiger partial charge in [-0.25, -0.2) is 0 Å². The van der Waals surface area contributed by atoms with Crippen molar-refractivity contribution >= 4 is 22.4 Å². The number of fused-ring (bicyclic) bond motifs is 1. The third-order valence-electron chi connectivity index (χ3n) is 3.71. The molecular weight excluding hydrogens is 252 g/mol. The van der Waals surface area contributed by atoms with Crippen LogP contribution in [0.15, 0.2) is 42.5 Å². The minimum Gasteiger partial charge on any atom is -0.364 e. The van der Waals surface area contributed by atoms with Gasteiger partial charge in [0.1, 0.15) is 6.10 Å². The molecule has 4 heteroatoms. The summed E-state index contributed by atoms with van der Waals surface area (Å²) in [5.74, 6) is -0.0858. The van der Waals surface area contributed by atoms with E-state index in [0.29, 0.717) is 6.54 Å². The minimum atomic E-state index is -0.387. The average molecular weight is 270 g/mol. The molecular formula is C16H18N2O2. The second-order valence-electron chi connectivity index (χ2n) is 5.08. The van der Waals surface area contributed by atoms with E-state index in [-0.39, 0.29) is 18.1 Å². The molecule has 0 saturated carbocycles. The Balaban J connectivity index is 1.78. The molecule has 0 spiro atoms. The molecule has 1 aliphatic heterocycles. The number of amides is 1. The Bertz CT molecular complexity index is 621. The summed E-state index contributed by atoms with van der Waals surface area (Å²) in [6.07, 6.45) is 1.21. The largest absolute Gasteiger partial charge is 0.364 e. The van der Waals surface area contributed by atoms with E-state index >= 15 is 0 Å². The fraction of sp³-hybridized carbons (Fsp3) is 0.312. The molecule has 3 N–H and O–H groups in total. The van der Waals surface area contributed by atoms with Crippen LogP contribution in [0.5, 0.6) is 0 Å². The first-order valence-corrected chi connectivity index (χ1v) is 6.92. The summed E-state index contributed by atoms with van der Waals surface area (Å²) in [4.78, 5) is 12.2. The molecule has 0 aliphatic carbocycles. The van der Waals surface area contributed by atoms with Crippen LogP contribution in [0.2, 0.25) is 0 Å². The zero-order valence-corrected chi connectivity index (χ0v) is 11.2. The van der Waals surface area contributed by atoms with E-state index in [2.05, 4.69) is 5.32 Å². The van der Waals surface area contributed by atoms with E-state index in [1.165, 1.54) is 0 Å². The van der Waals surface area contributed by atoms with Crippen molar-refractivity contribution in [2.45, 2.75) is 25.0 Å². The molecule has 104 valence electrons. The van der Waals surface area contributed by atoms with E-state index in [4.69, 9.17) is 10.5 Å². The lowest BCUT2D eigenvalue weighted by molar-refractivity contribution is -0.126. The van der Waals surface area contributed by atoms with Crippen LogP contribution in [0.3, 0.4) is 0 Å². The lowest BCUT2D eigenvalue weighted by Gasteiger charge is -2.14. The molecule has 2 atom stereocenters. The van der Waals surface area contributed by atoms with Crippen LogP contribution in [0, 0.1) is 0 Å². The van der Waals surface area contributed by atoms with Gasteiger partial charge in [-0.05, 0) is 24.3 Å². The summed E-state index contributed by atoms with van der Waals surface area (Å²) in [6.45, 7) is 0.470. The predicted molar refractivity (Wildman–Crippen MR) is 79.5 cm³/mol. The SMILES string of the molecule is NC[C@H]1CC[C@@H](C(=O)Nc2cccc3ccccc23)O1. The number of nitrogens with two attached hydrogens (primary N) is 1.